The number of aryl methyl sites for hydroxylation is 1. The van der Waals surface area contributed by atoms with E-state index in [1.54, 1.807) is 6.07 Å². The Morgan fingerprint density at radius 1 is 1.50 bits per heavy atom. The van der Waals surface area contributed by atoms with E-state index in [0.717, 1.165) is 12.8 Å². The van der Waals surface area contributed by atoms with Crippen LogP contribution in [0.1, 0.15) is 42.4 Å². The van der Waals surface area contributed by atoms with Gasteiger partial charge in [0.05, 0.1) is 6.04 Å². The summed E-state index contributed by atoms with van der Waals surface area (Å²) < 4.78 is 0. The highest BCUT2D eigenvalue weighted by molar-refractivity contribution is 5.40. The van der Waals surface area contributed by atoms with Crippen LogP contribution in [-0.2, 0) is 6.42 Å². The van der Waals surface area contributed by atoms with Gasteiger partial charge < -0.3 is 10.4 Å². The quantitative estimate of drug-likeness (QED) is 0.757. The maximum absolute atomic E-state index is 9.46. The summed E-state index contributed by atoms with van der Waals surface area (Å²) in [6.07, 6.45) is 2.02. The molecule has 0 bridgehead atoms. The number of aromatic amines is 1. The lowest BCUT2D eigenvalue weighted by atomic mass is 10.1. The lowest BCUT2D eigenvalue weighted by Crippen LogP contribution is -2.23. The Labute approximate surface area is 104 Å². The van der Waals surface area contributed by atoms with E-state index in [1.807, 2.05) is 19.1 Å². The highest BCUT2D eigenvalue weighted by Crippen LogP contribution is 2.34. The van der Waals surface area contributed by atoms with Crippen LogP contribution < -0.4 is 5.32 Å². The van der Waals surface area contributed by atoms with E-state index in [-0.39, 0.29) is 12.1 Å². The Morgan fingerprint density at radius 3 is 3.17 bits per heavy atom. The molecule has 6 heteroatoms. The first kappa shape index (κ1) is 11.2. The monoisotopic (exact) mass is 245 g/mol. The normalized spacial score (nSPS) is 19.7. The molecule has 2 unspecified atom stereocenters. The first-order valence-corrected chi connectivity index (χ1v) is 6.05. The van der Waals surface area contributed by atoms with Crippen molar-refractivity contribution in [2.24, 2.45) is 0 Å². The molecule has 1 aliphatic rings. The molecular formula is C12H15N5O. The van der Waals surface area contributed by atoms with Gasteiger partial charge in [0.25, 0.3) is 0 Å². The Morgan fingerprint density at radius 2 is 2.39 bits per heavy atom. The Balaban J connectivity index is 1.77. The first-order valence-electron chi connectivity index (χ1n) is 6.05. The van der Waals surface area contributed by atoms with Gasteiger partial charge in [-0.3, -0.25) is 0 Å². The lowest BCUT2D eigenvalue weighted by molar-refractivity contribution is 0.450. The second kappa shape index (κ2) is 4.38. The minimum atomic E-state index is 0.0495. The molecule has 1 heterocycles. The average Bonchev–Trinajstić information content (AvgIpc) is 2.98. The predicted molar refractivity (Wildman–Crippen MR) is 64.9 cm³/mol. The van der Waals surface area contributed by atoms with Crippen LogP contribution in [0.5, 0.6) is 5.75 Å². The Hall–Kier alpha value is -1.95. The molecule has 3 rings (SSSR count). The van der Waals surface area contributed by atoms with Crippen molar-refractivity contribution in [1.29, 1.82) is 0 Å². The van der Waals surface area contributed by atoms with E-state index in [2.05, 4.69) is 25.9 Å². The molecule has 0 aliphatic heterocycles. The van der Waals surface area contributed by atoms with Crippen LogP contribution >= 0.6 is 0 Å². The minimum absolute atomic E-state index is 0.0495. The molecule has 1 aromatic carbocycles. The zero-order valence-electron chi connectivity index (χ0n) is 10.1. The van der Waals surface area contributed by atoms with Crippen molar-refractivity contribution in [2.75, 3.05) is 0 Å². The van der Waals surface area contributed by atoms with Crippen molar-refractivity contribution in [1.82, 2.24) is 25.9 Å². The fourth-order valence-electron chi connectivity index (χ4n) is 2.51. The number of hydrogen-bond acceptors (Lipinski definition) is 5. The van der Waals surface area contributed by atoms with Crippen molar-refractivity contribution in [2.45, 2.75) is 31.8 Å². The molecule has 0 amide bonds. The zero-order chi connectivity index (χ0) is 12.5. The number of tetrazole rings is 1. The highest BCUT2D eigenvalue weighted by atomic mass is 16.3. The van der Waals surface area contributed by atoms with Gasteiger partial charge >= 0.3 is 0 Å². The van der Waals surface area contributed by atoms with E-state index < -0.39 is 0 Å². The summed E-state index contributed by atoms with van der Waals surface area (Å²) in [7, 11) is 0. The first-order chi connectivity index (χ1) is 8.74. The SMILES string of the molecule is CC(NC1CCc2cc(O)ccc21)c1nn[nH]n1. The summed E-state index contributed by atoms with van der Waals surface area (Å²) in [5, 5.41) is 26.9. The fourth-order valence-corrected chi connectivity index (χ4v) is 2.51. The number of phenols is 1. The smallest absolute Gasteiger partial charge is 0.191 e. The van der Waals surface area contributed by atoms with Crippen LogP contribution in [0.3, 0.4) is 0 Å². The number of hydrogen-bond donors (Lipinski definition) is 3. The van der Waals surface area contributed by atoms with Crippen LogP contribution in [0, 0.1) is 0 Å². The number of nitrogens with one attached hydrogen (secondary N) is 2. The van der Waals surface area contributed by atoms with Crippen molar-refractivity contribution in [3.8, 4) is 5.75 Å². The third-order valence-electron chi connectivity index (χ3n) is 3.40. The lowest BCUT2D eigenvalue weighted by Gasteiger charge is -2.17. The van der Waals surface area contributed by atoms with E-state index in [4.69, 9.17) is 0 Å². The van der Waals surface area contributed by atoms with Crippen molar-refractivity contribution >= 4 is 0 Å². The van der Waals surface area contributed by atoms with Gasteiger partial charge in [0, 0.05) is 6.04 Å². The fraction of sp³-hybridized carbons (Fsp3) is 0.417. The largest absolute Gasteiger partial charge is 0.508 e. The molecule has 18 heavy (non-hydrogen) atoms. The average molecular weight is 245 g/mol. The van der Waals surface area contributed by atoms with Gasteiger partial charge in [-0.1, -0.05) is 11.3 Å². The van der Waals surface area contributed by atoms with Crippen molar-refractivity contribution in [3.63, 3.8) is 0 Å². The second-order valence-corrected chi connectivity index (χ2v) is 4.63. The predicted octanol–water partition coefficient (Wildman–Crippen LogP) is 1.24. The molecule has 3 N–H and O–H groups in total. The number of phenolic OH excluding ortho intramolecular Hbond substituents is 1. The minimum Gasteiger partial charge on any atom is -0.508 e. The molecule has 0 fully saturated rings. The standard InChI is InChI=1S/C12H15N5O/c1-7(12-14-16-17-15-12)13-11-5-2-8-6-9(18)3-4-10(8)11/h3-4,6-7,11,13,18H,2,5H2,1H3,(H,14,15,16,17). The Kier molecular flexibility index (Phi) is 2.71. The van der Waals surface area contributed by atoms with Crippen LogP contribution in [0.15, 0.2) is 18.2 Å². The zero-order valence-corrected chi connectivity index (χ0v) is 10.1. The Bertz CT molecular complexity index is 539. The highest BCUT2D eigenvalue weighted by Gasteiger charge is 2.25. The number of rotatable bonds is 3. The molecule has 0 saturated carbocycles. The molecule has 0 spiro atoms. The van der Waals surface area contributed by atoms with Gasteiger partial charge in [-0.2, -0.15) is 5.21 Å². The van der Waals surface area contributed by atoms with Gasteiger partial charge in [0.2, 0.25) is 0 Å². The van der Waals surface area contributed by atoms with E-state index in [9.17, 15) is 5.11 Å². The van der Waals surface area contributed by atoms with E-state index in [1.165, 1.54) is 11.1 Å². The summed E-state index contributed by atoms with van der Waals surface area (Å²) >= 11 is 0. The topological polar surface area (TPSA) is 86.7 Å². The van der Waals surface area contributed by atoms with Crippen LogP contribution in [0.2, 0.25) is 0 Å². The van der Waals surface area contributed by atoms with Gasteiger partial charge in [0.15, 0.2) is 5.82 Å². The van der Waals surface area contributed by atoms with Crippen LogP contribution in [-0.4, -0.2) is 25.7 Å². The molecule has 6 nitrogen and oxygen atoms in total. The van der Waals surface area contributed by atoms with E-state index >= 15 is 0 Å². The van der Waals surface area contributed by atoms with Crippen molar-refractivity contribution < 1.29 is 5.11 Å². The molecule has 2 atom stereocenters. The molecule has 2 aromatic rings. The second-order valence-electron chi connectivity index (χ2n) is 4.63. The molecule has 1 aliphatic carbocycles. The maximum Gasteiger partial charge on any atom is 0.191 e. The molecule has 0 saturated heterocycles. The van der Waals surface area contributed by atoms with Crippen molar-refractivity contribution in [3.05, 3.63) is 35.2 Å². The van der Waals surface area contributed by atoms with Gasteiger partial charge in [0.1, 0.15) is 5.75 Å². The van der Waals surface area contributed by atoms with Gasteiger partial charge in [-0.15, -0.1) is 10.2 Å². The number of nitrogens with zero attached hydrogens (tertiary/aromatic N) is 3. The summed E-state index contributed by atoms with van der Waals surface area (Å²) in [5.74, 6) is 1.00. The number of aromatic nitrogens is 4. The van der Waals surface area contributed by atoms with Crippen LogP contribution in [0.25, 0.3) is 0 Å². The van der Waals surface area contributed by atoms with Gasteiger partial charge in [-0.25, -0.2) is 0 Å². The third-order valence-corrected chi connectivity index (χ3v) is 3.40. The number of aromatic hydroxyl groups is 1. The maximum atomic E-state index is 9.46. The number of benzene rings is 1. The summed E-state index contributed by atoms with van der Waals surface area (Å²) in [6.45, 7) is 2.02. The number of H-pyrrole nitrogens is 1. The number of fused-ring (bicyclic) bond motifs is 1. The molecule has 0 radical (unpaired) electrons. The summed E-state index contributed by atoms with van der Waals surface area (Å²) in [5.41, 5.74) is 2.47. The van der Waals surface area contributed by atoms with Gasteiger partial charge in [-0.05, 0) is 43.0 Å². The molecule has 1 aromatic heterocycles. The molecule has 94 valence electrons. The summed E-state index contributed by atoms with van der Waals surface area (Å²) in [4.78, 5) is 0. The summed E-state index contributed by atoms with van der Waals surface area (Å²) in [6, 6.07) is 5.90. The van der Waals surface area contributed by atoms with Crippen LogP contribution in [0.4, 0.5) is 0 Å². The molecular weight excluding hydrogens is 230 g/mol. The van der Waals surface area contributed by atoms with E-state index in [0.29, 0.717) is 11.6 Å². The third kappa shape index (κ3) is 1.95.